The number of amides is 2. The molecule has 1 unspecified atom stereocenters. The molecule has 3 heterocycles. The smallest absolute Gasteiger partial charge is 0.229 e. The lowest BCUT2D eigenvalue weighted by atomic mass is 9.96. The molecule has 0 aliphatic carbocycles. The lowest BCUT2D eigenvalue weighted by molar-refractivity contribution is -0.132. The lowest BCUT2D eigenvalue weighted by Crippen LogP contribution is -2.40. The number of para-hydroxylation sites is 2. The first-order valence-corrected chi connectivity index (χ1v) is 11.2. The van der Waals surface area contributed by atoms with Gasteiger partial charge in [0.05, 0.1) is 22.8 Å². The van der Waals surface area contributed by atoms with Crippen LogP contribution in [-0.2, 0) is 16.1 Å². The monoisotopic (exact) mass is 445 g/mol. The number of nitriles is 1. The highest BCUT2D eigenvalue weighted by molar-refractivity contribution is 5.91. The zero-order valence-corrected chi connectivity index (χ0v) is 19.1. The molecule has 0 radical (unpaired) electrons. The first-order valence-electron chi connectivity index (χ1n) is 11.2. The number of aryl methyl sites for hydroxylation is 2. The zero-order chi connectivity index (χ0) is 23.5. The number of nitrogens with one attached hydrogen (secondary N) is 1. The van der Waals surface area contributed by atoms with E-state index in [4.69, 9.17) is 4.98 Å². The minimum Gasteiger partial charge on any atom is -0.343 e. The van der Waals surface area contributed by atoms with Gasteiger partial charge in [0.25, 0.3) is 0 Å². The standard InChI is InChI=1S/C24H27N7O2/c1-4-31-20-8-6-5-7-19(20)27-22(31)18(13-25)21-15(2)14-26-24(28-21)29-23(33)17-9-11-30(12-10-17)16(3)32/h5-8,14,17-18H,4,9-12H2,1-3H3,(H,26,28,29,33). The first kappa shape index (κ1) is 22.4. The van der Waals surface area contributed by atoms with E-state index in [2.05, 4.69) is 21.4 Å². The summed E-state index contributed by atoms with van der Waals surface area (Å²) >= 11 is 0. The number of anilines is 1. The van der Waals surface area contributed by atoms with Crippen molar-refractivity contribution in [2.45, 2.75) is 46.1 Å². The number of likely N-dealkylation sites (tertiary alicyclic amines) is 1. The molecule has 2 aromatic heterocycles. The molecule has 1 aromatic carbocycles. The molecule has 1 aliphatic rings. The number of rotatable bonds is 5. The Bertz CT molecular complexity index is 1240. The molecule has 1 atom stereocenters. The van der Waals surface area contributed by atoms with Gasteiger partial charge in [-0.25, -0.2) is 15.0 Å². The normalized spacial score (nSPS) is 15.3. The van der Waals surface area contributed by atoms with Crippen LogP contribution in [-0.4, -0.2) is 49.3 Å². The van der Waals surface area contributed by atoms with Gasteiger partial charge in [-0.05, 0) is 44.4 Å². The zero-order valence-electron chi connectivity index (χ0n) is 19.1. The minimum atomic E-state index is -0.699. The number of nitrogens with zero attached hydrogens (tertiary/aromatic N) is 6. The Labute approximate surface area is 192 Å². The number of piperidine rings is 1. The number of fused-ring (bicyclic) bond motifs is 1. The van der Waals surface area contributed by atoms with Gasteiger partial charge < -0.3 is 9.47 Å². The van der Waals surface area contributed by atoms with Crippen molar-refractivity contribution < 1.29 is 9.59 Å². The highest BCUT2D eigenvalue weighted by atomic mass is 16.2. The number of imidazole rings is 1. The Hall–Kier alpha value is -3.80. The molecule has 9 heteroatoms. The van der Waals surface area contributed by atoms with E-state index in [1.165, 1.54) is 0 Å². The Morgan fingerprint density at radius 1 is 1.24 bits per heavy atom. The first-order chi connectivity index (χ1) is 15.9. The van der Waals surface area contributed by atoms with E-state index in [0.29, 0.717) is 44.0 Å². The summed E-state index contributed by atoms with van der Waals surface area (Å²) in [6.07, 6.45) is 2.83. The van der Waals surface area contributed by atoms with Crippen LogP contribution in [0.15, 0.2) is 30.5 Å². The van der Waals surface area contributed by atoms with Gasteiger partial charge >= 0.3 is 0 Å². The van der Waals surface area contributed by atoms with E-state index in [0.717, 1.165) is 16.6 Å². The van der Waals surface area contributed by atoms with Crippen LogP contribution in [0.2, 0.25) is 0 Å². The van der Waals surface area contributed by atoms with Crippen LogP contribution < -0.4 is 5.32 Å². The molecular formula is C24H27N7O2. The fourth-order valence-corrected chi connectivity index (χ4v) is 4.36. The Morgan fingerprint density at radius 2 is 1.97 bits per heavy atom. The molecule has 170 valence electrons. The van der Waals surface area contributed by atoms with Crippen LogP contribution in [0.4, 0.5) is 5.95 Å². The third-order valence-corrected chi connectivity index (χ3v) is 6.22. The summed E-state index contributed by atoms with van der Waals surface area (Å²) in [6.45, 7) is 7.21. The van der Waals surface area contributed by atoms with Gasteiger partial charge in [0.15, 0.2) is 0 Å². The molecule has 1 saturated heterocycles. The van der Waals surface area contributed by atoms with Crippen LogP contribution >= 0.6 is 0 Å². The van der Waals surface area contributed by atoms with Gasteiger partial charge in [0.1, 0.15) is 11.7 Å². The maximum atomic E-state index is 12.8. The van der Waals surface area contributed by atoms with Crippen LogP contribution in [0, 0.1) is 24.2 Å². The molecule has 4 rings (SSSR count). The highest BCUT2D eigenvalue weighted by Gasteiger charge is 2.28. The number of benzene rings is 1. The van der Waals surface area contributed by atoms with E-state index in [1.54, 1.807) is 18.0 Å². The fraction of sp³-hybridized carbons (Fsp3) is 0.417. The Kier molecular flexibility index (Phi) is 6.36. The molecule has 1 aliphatic heterocycles. The summed E-state index contributed by atoms with van der Waals surface area (Å²) in [5, 5.41) is 12.9. The molecule has 33 heavy (non-hydrogen) atoms. The van der Waals surface area contributed by atoms with Crippen molar-refractivity contribution >= 4 is 28.8 Å². The second-order valence-electron chi connectivity index (χ2n) is 8.30. The molecule has 0 saturated carbocycles. The van der Waals surface area contributed by atoms with Gasteiger partial charge in [0, 0.05) is 38.7 Å². The van der Waals surface area contributed by atoms with Crippen molar-refractivity contribution in [2.24, 2.45) is 5.92 Å². The second-order valence-corrected chi connectivity index (χ2v) is 8.30. The maximum absolute atomic E-state index is 12.8. The van der Waals surface area contributed by atoms with Crippen molar-refractivity contribution in [3.05, 3.63) is 47.5 Å². The number of aromatic nitrogens is 4. The predicted octanol–water partition coefficient (Wildman–Crippen LogP) is 3.01. The third kappa shape index (κ3) is 4.42. The molecule has 1 N–H and O–H groups in total. The van der Waals surface area contributed by atoms with E-state index in [9.17, 15) is 14.9 Å². The summed E-state index contributed by atoms with van der Waals surface area (Å²) in [5.74, 6) is -0.242. The van der Waals surface area contributed by atoms with E-state index in [1.807, 2.05) is 42.7 Å². The minimum absolute atomic E-state index is 0.0287. The van der Waals surface area contributed by atoms with E-state index >= 15 is 0 Å². The van der Waals surface area contributed by atoms with Crippen molar-refractivity contribution in [1.82, 2.24) is 24.4 Å². The number of carbonyl (C=O) groups is 2. The molecule has 3 aromatic rings. The van der Waals surface area contributed by atoms with Gasteiger partial charge in [0.2, 0.25) is 17.8 Å². The average Bonchev–Trinajstić information content (AvgIpc) is 3.19. The van der Waals surface area contributed by atoms with Gasteiger partial charge in [-0.2, -0.15) is 5.26 Å². The molecule has 0 spiro atoms. The Balaban J connectivity index is 1.59. The molecule has 2 amide bonds. The Morgan fingerprint density at radius 3 is 2.64 bits per heavy atom. The summed E-state index contributed by atoms with van der Waals surface area (Å²) in [5.41, 5.74) is 3.07. The number of carbonyl (C=O) groups excluding carboxylic acids is 2. The molecular weight excluding hydrogens is 418 g/mol. The molecule has 9 nitrogen and oxygen atoms in total. The second kappa shape index (κ2) is 9.36. The van der Waals surface area contributed by atoms with Gasteiger partial charge in [-0.1, -0.05) is 12.1 Å². The van der Waals surface area contributed by atoms with Crippen molar-refractivity contribution in [2.75, 3.05) is 18.4 Å². The van der Waals surface area contributed by atoms with Crippen LogP contribution in [0.1, 0.15) is 49.7 Å². The van der Waals surface area contributed by atoms with E-state index in [-0.39, 0.29) is 23.7 Å². The summed E-state index contributed by atoms with van der Waals surface area (Å²) < 4.78 is 2.02. The summed E-state index contributed by atoms with van der Waals surface area (Å²) in [7, 11) is 0. The van der Waals surface area contributed by atoms with Crippen molar-refractivity contribution in [3.63, 3.8) is 0 Å². The summed E-state index contributed by atoms with van der Waals surface area (Å²) in [4.78, 5) is 39.6. The van der Waals surface area contributed by atoms with Crippen molar-refractivity contribution in [3.8, 4) is 6.07 Å². The largest absolute Gasteiger partial charge is 0.343 e. The fourth-order valence-electron chi connectivity index (χ4n) is 4.36. The number of hydrogen-bond donors (Lipinski definition) is 1. The topological polar surface area (TPSA) is 117 Å². The third-order valence-electron chi connectivity index (χ3n) is 6.22. The molecule has 1 fully saturated rings. The summed E-state index contributed by atoms with van der Waals surface area (Å²) in [6, 6.07) is 10.1. The lowest BCUT2D eigenvalue weighted by Gasteiger charge is -2.30. The van der Waals surface area contributed by atoms with Gasteiger partial charge in [-0.15, -0.1) is 0 Å². The average molecular weight is 446 g/mol. The number of hydrogen-bond acceptors (Lipinski definition) is 6. The van der Waals surface area contributed by atoms with Gasteiger partial charge in [-0.3, -0.25) is 14.9 Å². The van der Waals surface area contributed by atoms with Crippen LogP contribution in [0.5, 0.6) is 0 Å². The van der Waals surface area contributed by atoms with Crippen molar-refractivity contribution in [1.29, 1.82) is 5.26 Å². The predicted molar refractivity (Wildman–Crippen MR) is 123 cm³/mol. The maximum Gasteiger partial charge on any atom is 0.229 e. The SMILES string of the molecule is CCn1c(C(C#N)c2nc(NC(=O)C3CCN(C(C)=O)CC3)ncc2C)nc2ccccc21. The highest BCUT2D eigenvalue weighted by Crippen LogP contribution is 2.28. The molecule has 0 bridgehead atoms. The van der Waals surface area contributed by atoms with Crippen LogP contribution in [0.3, 0.4) is 0 Å². The van der Waals surface area contributed by atoms with E-state index < -0.39 is 5.92 Å². The quantitative estimate of drug-likeness (QED) is 0.645. The van der Waals surface area contributed by atoms with Crippen LogP contribution in [0.25, 0.3) is 11.0 Å².